The first-order valence-electron chi connectivity index (χ1n) is 9.56. The summed E-state index contributed by atoms with van der Waals surface area (Å²) >= 11 is 0. The Labute approximate surface area is 155 Å². The normalized spacial score (nSPS) is 20.0. The van der Waals surface area contributed by atoms with Gasteiger partial charge < -0.3 is 9.80 Å². The van der Waals surface area contributed by atoms with Crippen molar-refractivity contribution < 1.29 is 4.79 Å². The third-order valence-corrected chi connectivity index (χ3v) is 5.59. The number of aromatic nitrogens is 2. The Morgan fingerprint density at radius 2 is 1.92 bits per heavy atom. The first-order valence-corrected chi connectivity index (χ1v) is 9.56. The van der Waals surface area contributed by atoms with Gasteiger partial charge in [-0.25, -0.2) is 9.97 Å². The maximum atomic E-state index is 12.8. The molecule has 2 aromatic rings. The largest absolute Gasteiger partial charge is 0.359 e. The number of aryl methyl sites for hydroxylation is 1. The predicted molar refractivity (Wildman–Crippen MR) is 103 cm³/mol. The van der Waals surface area contributed by atoms with Gasteiger partial charge in [0.05, 0.1) is 0 Å². The van der Waals surface area contributed by atoms with E-state index in [2.05, 4.69) is 18.9 Å². The highest BCUT2D eigenvalue weighted by molar-refractivity contribution is 5.94. The first kappa shape index (κ1) is 17.0. The Morgan fingerprint density at radius 1 is 1.12 bits per heavy atom. The maximum Gasteiger partial charge on any atom is 0.253 e. The molecule has 2 aliphatic heterocycles. The summed E-state index contributed by atoms with van der Waals surface area (Å²) < 4.78 is 0. The van der Waals surface area contributed by atoms with Crippen LogP contribution >= 0.6 is 0 Å². The zero-order valence-electron chi connectivity index (χ0n) is 15.6. The van der Waals surface area contributed by atoms with Crippen LogP contribution in [0.5, 0.6) is 0 Å². The summed E-state index contributed by atoms with van der Waals surface area (Å²) in [4.78, 5) is 26.8. The number of benzene rings is 1. The molecule has 0 aliphatic carbocycles. The van der Waals surface area contributed by atoms with E-state index in [1.54, 1.807) is 0 Å². The molecule has 3 heterocycles. The zero-order chi connectivity index (χ0) is 18.1. The summed E-state index contributed by atoms with van der Waals surface area (Å²) in [6.45, 7) is 4.66. The molecular formula is C21H26N4O. The van der Waals surface area contributed by atoms with Crippen LogP contribution in [0.4, 0.5) is 5.82 Å². The van der Waals surface area contributed by atoms with E-state index in [-0.39, 0.29) is 11.8 Å². The molecule has 1 fully saturated rings. The average Bonchev–Trinajstić information content (AvgIpc) is 2.69. The third-order valence-electron chi connectivity index (χ3n) is 5.59. The van der Waals surface area contributed by atoms with Gasteiger partial charge in [-0.3, -0.25) is 4.79 Å². The highest BCUT2D eigenvalue weighted by atomic mass is 16.2. The van der Waals surface area contributed by atoms with Gasteiger partial charge in [0.15, 0.2) is 0 Å². The summed E-state index contributed by atoms with van der Waals surface area (Å²) in [7, 11) is 2.11. The Balaban J connectivity index is 1.58. The van der Waals surface area contributed by atoms with Crippen LogP contribution in [0.2, 0.25) is 0 Å². The minimum Gasteiger partial charge on any atom is -0.359 e. The number of anilines is 1. The van der Waals surface area contributed by atoms with Crippen molar-refractivity contribution in [1.82, 2.24) is 14.9 Å². The standard InChI is InChI=1S/C21H26N4O/c1-15-18-11-7-12-24(2)20(18)23-19(22-15)17-10-6-13-25(14-17)21(26)16-8-4-3-5-9-16/h3-5,8-9,17H,6-7,10-14H2,1-2H3. The fourth-order valence-corrected chi connectivity index (χ4v) is 4.13. The monoisotopic (exact) mass is 350 g/mol. The number of hydrogen-bond acceptors (Lipinski definition) is 4. The molecule has 136 valence electrons. The van der Waals surface area contributed by atoms with Crippen molar-refractivity contribution in [2.45, 2.75) is 38.5 Å². The molecule has 1 saturated heterocycles. The molecule has 5 nitrogen and oxygen atoms in total. The number of likely N-dealkylation sites (tertiary alicyclic amines) is 1. The zero-order valence-corrected chi connectivity index (χ0v) is 15.6. The highest BCUT2D eigenvalue weighted by Crippen LogP contribution is 2.31. The van der Waals surface area contributed by atoms with Gasteiger partial charge in [0.1, 0.15) is 11.6 Å². The number of amides is 1. The lowest BCUT2D eigenvalue weighted by Crippen LogP contribution is -2.39. The van der Waals surface area contributed by atoms with Crippen molar-refractivity contribution in [2.24, 2.45) is 0 Å². The van der Waals surface area contributed by atoms with E-state index in [4.69, 9.17) is 9.97 Å². The fraction of sp³-hybridized carbons (Fsp3) is 0.476. The fourth-order valence-electron chi connectivity index (χ4n) is 4.13. The van der Waals surface area contributed by atoms with Gasteiger partial charge in [0.25, 0.3) is 5.91 Å². The number of piperidine rings is 1. The molecule has 0 bridgehead atoms. The Bertz CT molecular complexity index is 805. The maximum absolute atomic E-state index is 12.8. The van der Waals surface area contributed by atoms with E-state index in [9.17, 15) is 4.79 Å². The number of carbonyl (C=O) groups excluding carboxylic acids is 1. The number of hydrogen-bond donors (Lipinski definition) is 0. The minimum atomic E-state index is 0.113. The topological polar surface area (TPSA) is 49.3 Å². The predicted octanol–water partition coefficient (Wildman–Crippen LogP) is 3.19. The van der Waals surface area contributed by atoms with E-state index in [0.29, 0.717) is 6.54 Å². The summed E-state index contributed by atoms with van der Waals surface area (Å²) in [5, 5.41) is 0. The van der Waals surface area contributed by atoms with Crippen molar-refractivity contribution in [3.63, 3.8) is 0 Å². The second-order valence-electron chi connectivity index (χ2n) is 7.45. The van der Waals surface area contributed by atoms with Crippen LogP contribution in [-0.4, -0.2) is 47.5 Å². The van der Waals surface area contributed by atoms with E-state index in [0.717, 1.165) is 61.7 Å². The average molecular weight is 350 g/mol. The molecule has 5 heteroatoms. The lowest BCUT2D eigenvalue weighted by Gasteiger charge is -2.33. The first-order chi connectivity index (χ1) is 12.6. The Kier molecular flexibility index (Phi) is 4.62. The van der Waals surface area contributed by atoms with Crippen LogP contribution in [-0.2, 0) is 6.42 Å². The van der Waals surface area contributed by atoms with Crippen LogP contribution in [0.15, 0.2) is 30.3 Å². The molecule has 1 atom stereocenters. The summed E-state index contributed by atoms with van der Waals surface area (Å²) in [6, 6.07) is 9.55. The van der Waals surface area contributed by atoms with E-state index >= 15 is 0 Å². The lowest BCUT2D eigenvalue weighted by atomic mass is 9.95. The molecule has 2 aliphatic rings. The van der Waals surface area contributed by atoms with Gasteiger partial charge >= 0.3 is 0 Å². The molecule has 1 unspecified atom stereocenters. The summed E-state index contributed by atoms with van der Waals surface area (Å²) in [5.74, 6) is 2.32. The van der Waals surface area contributed by atoms with Crippen molar-refractivity contribution in [1.29, 1.82) is 0 Å². The van der Waals surface area contributed by atoms with E-state index in [1.165, 1.54) is 5.56 Å². The van der Waals surface area contributed by atoms with Crippen LogP contribution in [0, 0.1) is 6.92 Å². The Morgan fingerprint density at radius 3 is 2.73 bits per heavy atom. The van der Waals surface area contributed by atoms with Crippen molar-refractivity contribution >= 4 is 11.7 Å². The van der Waals surface area contributed by atoms with E-state index in [1.807, 2.05) is 35.2 Å². The molecule has 26 heavy (non-hydrogen) atoms. The summed E-state index contributed by atoms with van der Waals surface area (Å²) in [6.07, 6.45) is 4.27. The molecule has 0 N–H and O–H groups in total. The van der Waals surface area contributed by atoms with Crippen LogP contribution in [0.25, 0.3) is 0 Å². The van der Waals surface area contributed by atoms with Gasteiger partial charge in [-0.1, -0.05) is 18.2 Å². The quantitative estimate of drug-likeness (QED) is 0.835. The van der Waals surface area contributed by atoms with Crippen LogP contribution in [0.3, 0.4) is 0 Å². The lowest BCUT2D eigenvalue weighted by molar-refractivity contribution is 0.0704. The molecular weight excluding hydrogens is 324 g/mol. The second kappa shape index (κ2) is 7.06. The molecule has 0 radical (unpaired) electrons. The third kappa shape index (κ3) is 3.18. The van der Waals surface area contributed by atoms with E-state index < -0.39 is 0 Å². The van der Waals surface area contributed by atoms with Crippen molar-refractivity contribution in [2.75, 3.05) is 31.6 Å². The van der Waals surface area contributed by atoms with Gasteiger partial charge in [0.2, 0.25) is 0 Å². The Hall–Kier alpha value is -2.43. The number of nitrogens with zero attached hydrogens (tertiary/aromatic N) is 4. The molecule has 0 saturated carbocycles. The summed E-state index contributed by atoms with van der Waals surface area (Å²) in [5.41, 5.74) is 3.15. The van der Waals surface area contributed by atoms with Crippen LogP contribution in [0.1, 0.15) is 52.6 Å². The number of fused-ring (bicyclic) bond motifs is 1. The number of carbonyl (C=O) groups is 1. The van der Waals surface area contributed by atoms with Gasteiger partial charge in [0, 0.05) is 49.4 Å². The number of rotatable bonds is 2. The smallest absolute Gasteiger partial charge is 0.253 e. The molecule has 4 rings (SSSR count). The van der Waals surface area contributed by atoms with Gasteiger partial charge in [-0.15, -0.1) is 0 Å². The van der Waals surface area contributed by atoms with Gasteiger partial charge in [-0.2, -0.15) is 0 Å². The van der Waals surface area contributed by atoms with Crippen LogP contribution < -0.4 is 4.90 Å². The van der Waals surface area contributed by atoms with Crippen molar-refractivity contribution in [3.05, 3.63) is 53.0 Å². The van der Waals surface area contributed by atoms with Crippen molar-refractivity contribution in [3.8, 4) is 0 Å². The molecule has 1 aromatic heterocycles. The highest BCUT2D eigenvalue weighted by Gasteiger charge is 2.29. The minimum absolute atomic E-state index is 0.113. The molecule has 1 amide bonds. The van der Waals surface area contributed by atoms with Gasteiger partial charge in [-0.05, 0) is 44.7 Å². The molecule has 1 aromatic carbocycles. The SMILES string of the molecule is Cc1nc(C2CCCN(C(=O)c3ccccc3)C2)nc2c1CCCN2C. The molecule has 0 spiro atoms. The second-order valence-corrected chi connectivity index (χ2v) is 7.45.